The number of nitrogens with zero attached hydrogens (tertiary/aromatic N) is 2. The maximum atomic E-state index is 10.1. The van der Waals surface area contributed by atoms with E-state index in [1.165, 1.54) is 38.5 Å². The number of anilines is 1. The van der Waals surface area contributed by atoms with E-state index in [1.807, 2.05) is 18.2 Å². The molecule has 1 aliphatic rings. The summed E-state index contributed by atoms with van der Waals surface area (Å²) in [7, 11) is 0. The average molecular weight is 273 g/mol. The van der Waals surface area contributed by atoms with Crippen molar-refractivity contribution in [2.45, 2.75) is 57.6 Å². The van der Waals surface area contributed by atoms with Crippen molar-refractivity contribution < 1.29 is 5.11 Å². The summed E-state index contributed by atoms with van der Waals surface area (Å²) in [5.41, 5.74) is 8.57. The second-order valence-electron chi connectivity index (χ2n) is 5.91. The minimum atomic E-state index is -0.549. The van der Waals surface area contributed by atoms with Crippen LogP contribution in [0.15, 0.2) is 18.2 Å². The van der Waals surface area contributed by atoms with Gasteiger partial charge < -0.3 is 15.4 Å². The van der Waals surface area contributed by atoms with E-state index in [0.717, 1.165) is 22.5 Å². The van der Waals surface area contributed by atoms with Crippen LogP contribution in [0.5, 0.6) is 0 Å². The molecule has 0 radical (unpaired) electrons. The molecular formula is C16H23N3O. The van der Waals surface area contributed by atoms with Gasteiger partial charge in [-0.2, -0.15) is 0 Å². The number of rotatable bonds is 2. The summed E-state index contributed by atoms with van der Waals surface area (Å²) in [5, 5.41) is 10.1. The van der Waals surface area contributed by atoms with Gasteiger partial charge in [0.05, 0.1) is 11.0 Å². The number of nitrogens with two attached hydrogens (primary N) is 1. The highest BCUT2D eigenvalue weighted by Gasteiger charge is 2.22. The number of nitrogen functional groups attached to an aromatic ring is 1. The molecule has 1 atom stereocenters. The minimum absolute atomic E-state index is 0.454. The van der Waals surface area contributed by atoms with E-state index in [4.69, 9.17) is 5.73 Å². The number of imidazole rings is 1. The van der Waals surface area contributed by atoms with E-state index in [1.54, 1.807) is 6.92 Å². The zero-order valence-corrected chi connectivity index (χ0v) is 12.0. The number of benzene rings is 1. The van der Waals surface area contributed by atoms with Gasteiger partial charge in [-0.05, 0) is 38.0 Å². The Morgan fingerprint density at radius 3 is 2.60 bits per heavy atom. The Morgan fingerprint density at radius 2 is 1.95 bits per heavy atom. The van der Waals surface area contributed by atoms with Crippen molar-refractivity contribution in [2.75, 3.05) is 5.73 Å². The molecule has 3 N–H and O–H groups in total. The molecule has 0 amide bonds. The number of hydrogen-bond acceptors (Lipinski definition) is 3. The average Bonchev–Trinajstić information content (AvgIpc) is 2.59. The molecule has 20 heavy (non-hydrogen) atoms. The Hall–Kier alpha value is -1.55. The quantitative estimate of drug-likeness (QED) is 0.649. The van der Waals surface area contributed by atoms with Crippen LogP contribution in [0.3, 0.4) is 0 Å². The van der Waals surface area contributed by atoms with Gasteiger partial charge in [0, 0.05) is 11.7 Å². The smallest absolute Gasteiger partial charge is 0.138 e. The highest BCUT2D eigenvalue weighted by atomic mass is 16.3. The molecule has 1 saturated carbocycles. The third kappa shape index (κ3) is 2.40. The van der Waals surface area contributed by atoms with Gasteiger partial charge >= 0.3 is 0 Å². The molecule has 1 aromatic carbocycles. The lowest BCUT2D eigenvalue weighted by molar-refractivity contribution is 0.180. The molecule has 4 nitrogen and oxygen atoms in total. The third-order valence-electron chi connectivity index (χ3n) is 4.30. The number of aliphatic hydroxyl groups excluding tert-OH is 1. The van der Waals surface area contributed by atoms with Gasteiger partial charge in [-0.25, -0.2) is 4.98 Å². The van der Waals surface area contributed by atoms with E-state index in [-0.39, 0.29) is 0 Å². The summed E-state index contributed by atoms with van der Waals surface area (Å²) in [6.45, 7) is 1.79. The molecule has 0 spiro atoms. The Kier molecular flexibility index (Phi) is 3.66. The first-order valence-corrected chi connectivity index (χ1v) is 7.62. The fraction of sp³-hybridized carbons (Fsp3) is 0.562. The van der Waals surface area contributed by atoms with Crippen molar-refractivity contribution in [3.63, 3.8) is 0 Å². The molecule has 0 aliphatic heterocycles. The van der Waals surface area contributed by atoms with Crippen LogP contribution < -0.4 is 5.73 Å². The van der Waals surface area contributed by atoms with Gasteiger partial charge in [-0.3, -0.25) is 0 Å². The molecule has 1 heterocycles. The SMILES string of the molecule is CC(O)c1nc2cc(N)ccc2n1C1CCCCCC1. The summed E-state index contributed by atoms with van der Waals surface area (Å²) < 4.78 is 2.25. The Bertz CT molecular complexity index is 595. The Labute approximate surface area is 119 Å². The molecule has 0 bridgehead atoms. The van der Waals surface area contributed by atoms with Crippen LogP contribution >= 0.6 is 0 Å². The first-order valence-electron chi connectivity index (χ1n) is 7.62. The fourth-order valence-electron chi connectivity index (χ4n) is 3.33. The van der Waals surface area contributed by atoms with E-state index >= 15 is 0 Å². The minimum Gasteiger partial charge on any atom is -0.399 e. The van der Waals surface area contributed by atoms with Crippen molar-refractivity contribution in [1.29, 1.82) is 0 Å². The highest BCUT2D eigenvalue weighted by molar-refractivity contribution is 5.80. The third-order valence-corrected chi connectivity index (χ3v) is 4.30. The molecule has 3 rings (SSSR count). The van der Waals surface area contributed by atoms with Crippen LogP contribution in [-0.4, -0.2) is 14.7 Å². The highest BCUT2D eigenvalue weighted by Crippen LogP contribution is 2.33. The maximum Gasteiger partial charge on any atom is 0.138 e. The zero-order valence-electron chi connectivity index (χ0n) is 12.0. The predicted octanol–water partition coefficient (Wildman–Crippen LogP) is 3.57. The van der Waals surface area contributed by atoms with Gasteiger partial charge in [-0.1, -0.05) is 25.7 Å². The standard InChI is InChI=1S/C16H23N3O/c1-11(20)16-18-14-10-12(17)8-9-15(14)19(16)13-6-4-2-3-5-7-13/h8-11,13,20H,2-7,17H2,1H3. The molecular weight excluding hydrogens is 250 g/mol. The molecule has 2 aromatic rings. The lowest BCUT2D eigenvalue weighted by atomic mass is 10.1. The largest absolute Gasteiger partial charge is 0.399 e. The van der Waals surface area contributed by atoms with Crippen LogP contribution in [0.4, 0.5) is 5.69 Å². The lowest BCUT2D eigenvalue weighted by Crippen LogP contribution is -2.13. The summed E-state index contributed by atoms with van der Waals surface area (Å²) in [6, 6.07) is 6.31. The lowest BCUT2D eigenvalue weighted by Gasteiger charge is -2.21. The van der Waals surface area contributed by atoms with E-state index in [2.05, 4.69) is 9.55 Å². The van der Waals surface area contributed by atoms with Crippen LogP contribution in [-0.2, 0) is 0 Å². The molecule has 108 valence electrons. The normalized spacial score (nSPS) is 19.1. The maximum absolute atomic E-state index is 10.1. The molecule has 1 unspecified atom stereocenters. The summed E-state index contributed by atoms with van der Waals surface area (Å²) in [4.78, 5) is 4.61. The summed E-state index contributed by atoms with van der Waals surface area (Å²) in [5.74, 6) is 0.775. The fourth-order valence-corrected chi connectivity index (χ4v) is 3.33. The van der Waals surface area contributed by atoms with Gasteiger partial charge in [0.2, 0.25) is 0 Å². The second kappa shape index (κ2) is 5.44. The first kappa shape index (κ1) is 13.4. The predicted molar refractivity (Wildman–Crippen MR) is 81.5 cm³/mol. The molecule has 1 fully saturated rings. The van der Waals surface area contributed by atoms with Crippen LogP contribution in [0, 0.1) is 0 Å². The summed E-state index contributed by atoms with van der Waals surface area (Å²) >= 11 is 0. The van der Waals surface area contributed by atoms with E-state index in [9.17, 15) is 5.11 Å². The van der Waals surface area contributed by atoms with Crippen LogP contribution in [0.25, 0.3) is 11.0 Å². The number of hydrogen-bond donors (Lipinski definition) is 2. The summed E-state index contributed by atoms with van der Waals surface area (Å²) in [6.07, 6.45) is 6.97. The monoisotopic (exact) mass is 273 g/mol. The number of aliphatic hydroxyl groups is 1. The van der Waals surface area contributed by atoms with Gasteiger partial charge in [0.15, 0.2) is 0 Å². The van der Waals surface area contributed by atoms with Crippen molar-refractivity contribution in [1.82, 2.24) is 9.55 Å². The van der Waals surface area contributed by atoms with Crippen molar-refractivity contribution in [3.8, 4) is 0 Å². The van der Waals surface area contributed by atoms with Crippen molar-refractivity contribution >= 4 is 16.7 Å². The Morgan fingerprint density at radius 1 is 1.25 bits per heavy atom. The Balaban J connectivity index is 2.12. The molecule has 4 heteroatoms. The topological polar surface area (TPSA) is 64.1 Å². The van der Waals surface area contributed by atoms with Crippen LogP contribution in [0.2, 0.25) is 0 Å². The number of aromatic nitrogens is 2. The zero-order chi connectivity index (χ0) is 14.1. The van der Waals surface area contributed by atoms with Crippen molar-refractivity contribution in [3.05, 3.63) is 24.0 Å². The van der Waals surface area contributed by atoms with Crippen LogP contribution in [0.1, 0.15) is 63.4 Å². The molecule has 1 aromatic heterocycles. The number of fused-ring (bicyclic) bond motifs is 1. The van der Waals surface area contributed by atoms with E-state index < -0.39 is 6.10 Å². The first-order chi connectivity index (χ1) is 9.66. The van der Waals surface area contributed by atoms with E-state index in [0.29, 0.717) is 6.04 Å². The molecule has 1 aliphatic carbocycles. The molecule has 0 saturated heterocycles. The van der Waals surface area contributed by atoms with Gasteiger partial charge in [0.1, 0.15) is 11.9 Å². The van der Waals surface area contributed by atoms with Gasteiger partial charge in [0.25, 0.3) is 0 Å². The van der Waals surface area contributed by atoms with Gasteiger partial charge in [-0.15, -0.1) is 0 Å². The second-order valence-corrected chi connectivity index (χ2v) is 5.91. The van der Waals surface area contributed by atoms with Crippen molar-refractivity contribution in [2.24, 2.45) is 0 Å².